The number of nitrogens with zero attached hydrogens (tertiary/aromatic N) is 4. The van der Waals surface area contributed by atoms with Gasteiger partial charge in [0.05, 0.1) is 18.0 Å². The van der Waals surface area contributed by atoms with Gasteiger partial charge in [0.1, 0.15) is 0 Å². The molecule has 1 aliphatic rings. The van der Waals surface area contributed by atoms with Gasteiger partial charge in [-0.25, -0.2) is 4.68 Å². The van der Waals surface area contributed by atoms with Gasteiger partial charge < -0.3 is 10.4 Å². The highest BCUT2D eigenvalue weighted by atomic mass is 16.3. The van der Waals surface area contributed by atoms with Crippen molar-refractivity contribution < 1.29 is 9.90 Å². The molecule has 1 aromatic carbocycles. The molecule has 1 amide bonds. The zero-order valence-corrected chi connectivity index (χ0v) is 16.4. The monoisotopic (exact) mass is 371 g/mol. The number of nitrogens with one attached hydrogen (secondary N) is 1. The highest BCUT2D eigenvalue weighted by molar-refractivity contribution is 5.93. The van der Waals surface area contributed by atoms with Gasteiger partial charge in [-0.15, -0.1) is 5.10 Å². The molecule has 7 nitrogen and oxygen atoms in total. The summed E-state index contributed by atoms with van der Waals surface area (Å²) in [4.78, 5) is 14.8. The minimum atomic E-state index is -0.161. The molecule has 0 radical (unpaired) electrons. The smallest absolute Gasteiger partial charge is 0.273 e. The Labute approximate surface area is 160 Å². The van der Waals surface area contributed by atoms with Crippen LogP contribution in [0.15, 0.2) is 18.2 Å². The number of hydrogen-bond donors (Lipinski definition) is 2. The first-order valence-corrected chi connectivity index (χ1v) is 9.76. The van der Waals surface area contributed by atoms with E-state index in [-0.39, 0.29) is 18.6 Å². The Morgan fingerprint density at radius 2 is 2.11 bits per heavy atom. The molecular formula is C20H29N5O2. The molecular weight excluding hydrogens is 342 g/mol. The van der Waals surface area contributed by atoms with E-state index in [0.717, 1.165) is 43.7 Å². The summed E-state index contributed by atoms with van der Waals surface area (Å²) in [5, 5.41) is 20.7. The third kappa shape index (κ3) is 4.04. The van der Waals surface area contributed by atoms with Crippen LogP contribution in [0, 0.1) is 6.92 Å². The third-order valence-electron chi connectivity index (χ3n) is 5.40. The lowest BCUT2D eigenvalue weighted by Gasteiger charge is -2.29. The van der Waals surface area contributed by atoms with Crippen LogP contribution in [0.5, 0.6) is 0 Å². The Morgan fingerprint density at radius 3 is 2.81 bits per heavy atom. The van der Waals surface area contributed by atoms with E-state index in [1.54, 1.807) is 4.68 Å². The Bertz CT molecular complexity index is 798. The summed E-state index contributed by atoms with van der Waals surface area (Å²) in [6, 6.07) is 6.32. The number of hydrogen-bond acceptors (Lipinski definition) is 5. The standard InChI is InChI=1S/C20H29N5O2/c1-4-16(5-2)21-20(27)19-14(3)25(23-22-19)18-8-6-7-15-13-24(11-12-26)10-9-17(15)18/h6-8,16,26H,4-5,9-13H2,1-3H3,(H,21,27). The summed E-state index contributed by atoms with van der Waals surface area (Å²) in [5.74, 6) is -0.161. The van der Waals surface area contributed by atoms with E-state index in [1.165, 1.54) is 11.1 Å². The molecule has 0 atom stereocenters. The number of carbonyl (C=O) groups is 1. The molecule has 0 saturated heterocycles. The van der Waals surface area contributed by atoms with Crippen LogP contribution in [0.2, 0.25) is 0 Å². The average Bonchev–Trinajstić information content (AvgIpc) is 3.07. The second-order valence-electron chi connectivity index (χ2n) is 7.09. The van der Waals surface area contributed by atoms with Crippen LogP contribution in [0.3, 0.4) is 0 Å². The van der Waals surface area contributed by atoms with E-state index in [1.807, 2.05) is 19.1 Å². The summed E-state index contributed by atoms with van der Waals surface area (Å²) < 4.78 is 1.78. The van der Waals surface area contributed by atoms with E-state index in [9.17, 15) is 9.90 Å². The molecule has 0 aliphatic carbocycles. The van der Waals surface area contributed by atoms with Gasteiger partial charge in [0.15, 0.2) is 5.69 Å². The van der Waals surface area contributed by atoms with Crippen LogP contribution >= 0.6 is 0 Å². The van der Waals surface area contributed by atoms with Gasteiger partial charge in [-0.2, -0.15) is 0 Å². The largest absolute Gasteiger partial charge is 0.395 e. The fourth-order valence-electron chi connectivity index (χ4n) is 3.69. The Morgan fingerprint density at radius 1 is 1.33 bits per heavy atom. The second kappa shape index (κ2) is 8.63. The molecule has 1 aromatic heterocycles. The summed E-state index contributed by atoms with van der Waals surface area (Å²) in [6.07, 6.45) is 2.68. The quantitative estimate of drug-likeness (QED) is 0.776. The number of aliphatic hydroxyl groups is 1. The van der Waals surface area contributed by atoms with Crippen LogP contribution in [-0.4, -0.2) is 56.6 Å². The predicted molar refractivity (Wildman–Crippen MR) is 104 cm³/mol. The van der Waals surface area contributed by atoms with Crippen LogP contribution in [0.25, 0.3) is 5.69 Å². The van der Waals surface area contributed by atoms with Crippen LogP contribution in [0.1, 0.15) is 54.0 Å². The van der Waals surface area contributed by atoms with Gasteiger partial charge in [-0.05, 0) is 43.4 Å². The lowest BCUT2D eigenvalue weighted by molar-refractivity contribution is 0.0929. The molecule has 7 heteroatoms. The number of β-amino-alcohol motifs (C(OH)–C–C–N with tert-alkyl or cyclic N) is 1. The van der Waals surface area contributed by atoms with Crippen molar-refractivity contribution in [2.45, 2.75) is 52.6 Å². The Balaban J connectivity index is 1.88. The summed E-state index contributed by atoms with van der Waals surface area (Å²) in [6.45, 7) is 8.60. The molecule has 2 heterocycles. The van der Waals surface area contributed by atoms with Gasteiger partial charge in [0.25, 0.3) is 5.91 Å². The molecule has 0 saturated carbocycles. The number of carbonyl (C=O) groups excluding carboxylic acids is 1. The number of aliphatic hydroxyl groups excluding tert-OH is 1. The fourth-order valence-corrected chi connectivity index (χ4v) is 3.69. The molecule has 0 spiro atoms. The first-order chi connectivity index (χ1) is 13.1. The first-order valence-electron chi connectivity index (χ1n) is 9.76. The van der Waals surface area contributed by atoms with Crippen molar-refractivity contribution in [1.29, 1.82) is 0 Å². The lowest BCUT2D eigenvalue weighted by atomic mass is 9.97. The number of aromatic nitrogens is 3. The molecule has 0 fully saturated rings. The van der Waals surface area contributed by atoms with E-state index in [4.69, 9.17) is 0 Å². The van der Waals surface area contributed by atoms with E-state index < -0.39 is 0 Å². The topological polar surface area (TPSA) is 83.3 Å². The molecule has 0 unspecified atom stereocenters. The van der Waals surface area contributed by atoms with Crippen molar-refractivity contribution in [2.24, 2.45) is 0 Å². The number of fused-ring (bicyclic) bond motifs is 1. The van der Waals surface area contributed by atoms with E-state index in [0.29, 0.717) is 12.2 Å². The molecule has 146 valence electrons. The predicted octanol–water partition coefficient (Wildman–Crippen LogP) is 1.84. The number of amides is 1. The van der Waals surface area contributed by atoms with Crippen molar-refractivity contribution in [2.75, 3.05) is 19.7 Å². The molecule has 2 aromatic rings. The van der Waals surface area contributed by atoms with Crippen molar-refractivity contribution in [3.63, 3.8) is 0 Å². The SMILES string of the molecule is CCC(CC)NC(=O)c1nnn(-c2cccc3c2CCN(CCO)C3)c1C. The minimum absolute atomic E-state index is 0.157. The number of rotatable bonds is 7. The number of benzene rings is 1. The zero-order chi connectivity index (χ0) is 19.4. The maximum atomic E-state index is 12.6. The van der Waals surface area contributed by atoms with Crippen molar-refractivity contribution in [1.82, 2.24) is 25.2 Å². The van der Waals surface area contributed by atoms with Crippen molar-refractivity contribution >= 4 is 5.91 Å². The molecule has 3 rings (SSSR count). The van der Waals surface area contributed by atoms with Crippen LogP contribution in [-0.2, 0) is 13.0 Å². The van der Waals surface area contributed by atoms with Crippen LogP contribution in [0.4, 0.5) is 0 Å². The second-order valence-corrected chi connectivity index (χ2v) is 7.09. The summed E-state index contributed by atoms with van der Waals surface area (Å²) in [7, 11) is 0. The summed E-state index contributed by atoms with van der Waals surface area (Å²) in [5.41, 5.74) is 4.61. The van der Waals surface area contributed by atoms with Crippen molar-refractivity contribution in [3.8, 4) is 5.69 Å². The zero-order valence-electron chi connectivity index (χ0n) is 16.4. The van der Waals surface area contributed by atoms with E-state index >= 15 is 0 Å². The molecule has 1 aliphatic heterocycles. The van der Waals surface area contributed by atoms with Crippen molar-refractivity contribution in [3.05, 3.63) is 40.7 Å². The highest BCUT2D eigenvalue weighted by Crippen LogP contribution is 2.26. The minimum Gasteiger partial charge on any atom is -0.395 e. The maximum absolute atomic E-state index is 12.6. The van der Waals surface area contributed by atoms with Gasteiger partial charge >= 0.3 is 0 Å². The fraction of sp³-hybridized carbons (Fsp3) is 0.550. The molecule has 27 heavy (non-hydrogen) atoms. The van der Waals surface area contributed by atoms with Gasteiger partial charge in [-0.1, -0.05) is 31.2 Å². The molecule has 0 bridgehead atoms. The van der Waals surface area contributed by atoms with Gasteiger partial charge in [0, 0.05) is 25.7 Å². The van der Waals surface area contributed by atoms with Gasteiger partial charge in [-0.3, -0.25) is 9.69 Å². The third-order valence-corrected chi connectivity index (χ3v) is 5.40. The summed E-state index contributed by atoms with van der Waals surface area (Å²) >= 11 is 0. The maximum Gasteiger partial charge on any atom is 0.273 e. The Hall–Kier alpha value is -2.25. The molecule has 2 N–H and O–H groups in total. The average molecular weight is 371 g/mol. The van der Waals surface area contributed by atoms with Crippen LogP contribution < -0.4 is 5.32 Å². The first kappa shape index (κ1) is 19.5. The Kier molecular flexibility index (Phi) is 6.23. The highest BCUT2D eigenvalue weighted by Gasteiger charge is 2.23. The lowest BCUT2D eigenvalue weighted by Crippen LogP contribution is -2.34. The van der Waals surface area contributed by atoms with Gasteiger partial charge in [0.2, 0.25) is 0 Å². The normalized spacial score (nSPS) is 14.4. The van der Waals surface area contributed by atoms with E-state index in [2.05, 4.69) is 40.4 Å².